The maximum absolute atomic E-state index is 13.6. The molecule has 1 aromatic carbocycles. The number of benzene rings is 1. The number of carbonyl (C=O) groups excluding carboxylic acids is 1. The van der Waals surface area contributed by atoms with Crippen LogP contribution in [0.15, 0.2) is 12.1 Å². The van der Waals surface area contributed by atoms with Gasteiger partial charge in [0.25, 0.3) is 0 Å². The summed E-state index contributed by atoms with van der Waals surface area (Å²) in [5, 5.41) is 0. The van der Waals surface area contributed by atoms with Crippen molar-refractivity contribution in [1.82, 2.24) is 0 Å². The maximum atomic E-state index is 13.6. The molecule has 1 aromatic rings. The lowest BCUT2D eigenvalue weighted by atomic mass is 9.61. The predicted molar refractivity (Wildman–Crippen MR) is 99.5 cm³/mol. The fraction of sp³-hybridized carbons (Fsp3) is 0.682. The maximum Gasteiger partial charge on any atom is 0.195 e. The lowest BCUT2D eigenvalue weighted by Crippen LogP contribution is -2.44. The molecule has 2 fully saturated rings. The molecular formula is C22H30O4. The fourth-order valence-electron chi connectivity index (χ4n) is 5.32. The molecule has 4 heteroatoms. The van der Waals surface area contributed by atoms with Gasteiger partial charge in [-0.2, -0.15) is 0 Å². The van der Waals surface area contributed by atoms with Crippen molar-refractivity contribution >= 4 is 5.78 Å². The molecule has 142 valence electrons. The van der Waals surface area contributed by atoms with Crippen molar-refractivity contribution in [2.75, 3.05) is 20.3 Å². The van der Waals surface area contributed by atoms with Crippen molar-refractivity contribution in [2.45, 2.75) is 58.7 Å². The number of hydrogen-bond acceptors (Lipinski definition) is 4. The van der Waals surface area contributed by atoms with Gasteiger partial charge in [0.05, 0.1) is 20.3 Å². The van der Waals surface area contributed by atoms with E-state index < -0.39 is 5.79 Å². The second-order valence-electron chi connectivity index (χ2n) is 8.83. The average Bonchev–Trinajstić information content (AvgIpc) is 2.71. The first-order chi connectivity index (χ1) is 12.4. The Morgan fingerprint density at radius 1 is 1.15 bits per heavy atom. The number of fused-ring (bicyclic) bond motifs is 3. The Kier molecular flexibility index (Phi) is 4.39. The van der Waals surface area contributed by atoms with E-state index in [9.17, 15) is 4.79 Å². The van der Waals surface area contributed by atoms with Crippen molar-refractivity contribution in [3.63, 3.8) is 0 Å². The Morgan fingerprint density at radius 2 is 1.88 bits per heavy atom. The van der Waals surface area contributed by atoms with E-state index in [0.29, 0.717) is 13.2 Å². The van der Waals surface area contributed by atoms with Gasteiger partial charge in [0, 0.05) is 23.5 Å². The summed E-state index contributed by atoms with van der Waals surface area (Å²) in [5.74, 6) is 0.509. The quantitative estimate of drug-likeness (QED) is 0.735. The van der Waals surface area contributed by atoms with Crippen molar-refractivity contribution in [3.8, 4) is 5.75 Å². The van der Waals surface area contributed by atoms with E-state index in [-0.39, 0.29) is 23.0 Å². The normalized spacial score (nSPS) is 29.6. The van der Waals surface area contributed by atoms with E-state index in [1.54, 1.807) is 7.11 Å². The van der Waals surface area contributed by atoms with Crippen LogP contribution in [0.2, 0.25) is 0 Å². The Hall–Kier alpha value is -1.39. The van der Waals surface area contributed by atoms with E-state index in [4.69, 9.17) is 14.2 Å². The van der Waals surface area contributed by atoms with Gasteiger partial charge in [-0.15, -0.1) is 0 Å². The summed E-state index contributed by atoms with van der Waals surface area (Å²) in [4.78, 5) is 13.6. The van der Waals surface area contributed by atoms with E-state index in [0.717, 1.165) is 54.5 Å². The molecule has 1 spiro atoms. The Morgan fingerprint density at radius 3 is 2.58 bits per heavy atom. The molecule has 4 nitrogen and oxygen atoms in total. The molecule has 2 aliphatic carbocycles. The first-order valence-corrected chi connectivity index (χ1v) is 9.89. The van der Waals surface area contributed by atoms with Crippen LogP contribution in [0.4, 0.5) is 0 Å². The monoisotopic (exact) mass is 358 g/mol. The SMILES string of the molecule is COc1cc2c(cc1C)C1(C[C@@H]3[C@H](CCCC3(C)C)C2=O)OCCCO1. The highest BCUT2D eigenvalue weighted by molar-refractivity contribution is 6.00. The summed E-state index contributed by atoms with van der Waals surface area (Å²) in [6.45, 7) is 7.97. The summed E-state index contributed by atoms with van der Waals surface area (Å²) in [7, 11) is 1.66. The van der Waals surface area contributed by atoms with Crippen LogP contribution in [-0.4, -0.2) is 26.1 Å². The van der Waals surface area contributed by atoms with Crippen LogP contribution >= 0.6 is 0 Å². The number of aryl methyl sites for hydroxylation is 1. The molecule has 26 heavy (non-hydrogen) atoms. The number of hydrogen-bond donors (Lipinski definition) is 0. The number of carbonyl (C=O) groups is 1. The third-order valence-corrected chi connectivity index (χ3v) is 6.82. The van der Waals surface area contributed by atoms with Gasteiger partial charge in [0.15, 0.2) is 11.6 Å². The molecule has 1 heterocycles. The van der Waals surface area contributed by atoms with Gasteiger partial charge in [-0.3, -0.25) is 4.79 Å². The Labute approximate surface area is 156 Å². The van der Waals surface area contributed by atoms with Crippen LogP contribution in [0.3, 0.4) is 0 Å². The van der Waals surface area contributed by atoms with Gasteiger partial charge in [-0.25, -0.2) is 0 Å². The highest BCUT2D eigenvalue weighted by Crippen LogP contribution is 2.54. The average molecular weight is 358 g/mol. The molecule has 0 aromatic heterocycles. The molecule has 2 atom stereocenters. The topological polar surface area (TPSA) is 44.8 Å². The lowest BCUT2D eigenvalue weighted by molar-refractivity contribution is -0.289. The number of methoxy groups -OCH3 is 1. The molecule has 1 saturated heterocycles. The van der Waals surface area contributed by atoms with E-state index in [1.807, 2.05) is 13.0 Å². The van der Waals surface area contributed by atoms with Crippen molar-refractivity contribution in [1.29, 1.82) is 0 Å². The molecule has 0 N–H and O–H groups in total. The largest absolute Gasteiger partial charge is 0.496 e. The van der Waals surface area contributed by atoms with Crippen molar-refractivity contribution in [2.24, 2.45) is 17.3 Å². The minimum absolute atomic E-state index is 0.0402. The molecule has 0 radical (unpaired) electrons. The van der Waals surface area contributed by atoms with E-state index in [2.05, 4.69) is 19.9 Å². The zero-order chi connectivity index (χ0) is 18.5. The molecule has 0 bridgehead atoms. The minimum atomic E-state index is -0.797. The molecule has 1 aliphatic heterocycles. The summed E-state index contributed by atoms with van der Waals surface area (Å²) in [5.41, 5.74) is 2.77. The molecule has 1 saturated carbocycles. The van der Waals surface area contributed by atoms with Crippen LogP contribution in [0.5, 0.6) is 5.75 Å². The summed E-state index contributed by atoms with van der Waals surface area (Å²) >= 11 is 0. The van der Waals surface area contributed by atoms with Gasteiger partial charge in [-0.1, -0.05) is 20.3 Å². The molecular weight excluding hydrogens is 328 g/mol. The molecule has 3 aliphatic rings. The number of ketones is 1. The van der Waals surface area contributed by atoms with Crippen molar-refractivity contribution in [3.05, 3.63) is 28.8 Å². The molecule has 0 amide bonds. The van der Waals surface area contributed by atoms with Gasteiger partial charge >= 0.3 is 0 Å². The Balaban J connectivity index is 1.92. The van der Waals surface area contributed by atoms with Crippen LogP contribution in [0.1, 0.15) is 67.4 Å². The first-order valence-electron chi connectivity index (χ1n) is 9.89. The fourth-order valence-corrected chi connectivity index (χ4v) is 5.32. The third-order valence-electron chi connectivity index (χ3n) is 6.82. The molecule has 4 rings (SSSR count). The highest BCUT2D eigenvalue weighted by atomic mass is 16.7. The predicted octanol–water partition coefficient (Wildman–Crippen LogP) is 4.62. The summed E-state index contributed by atoms with van der Waals surface area (Å²) < 4.78 is 18.2. The van der Waals surface area contributed by atoms with Crippen LogP contribution in [-0.2, 0) is 15.3 Å². The van der Waals surface area contributed by atoms with E-state index >= 15 is 0 Å². The van der Waals surface area contributed by atoms with Gasteiger partial charge < -0.3 is 14.2 Å². The molecule has 0 unspecified atom stereocenters. The highest BCUT2D eigenvalue weighted by Gasteiger charge is 2.53. The minimum Gasteiger partial charge on any atom is -0.496 e. The summed E-state index contributed by atoms with van der Waals surface area (Å²) in [6, 6.07) is 3.97. The van der Waals surface area contributed by atoms with Crippen LogP contribution in [0.25, 0.3) is 0 Å². The second kappa shape index (κ2) is 6.35. The van der Waals surface area contributed by atoms with Crippen LogP contribution < -0.4 is 4.74 Å². The van der Waals surface area contributed by atoms with Gasteiger partial charge in [0.2, 0.25) is 0 Å². The van der Waals surface area contributed by atoms with Gasteiger partial charge in [-0.05, 0) is 55.2 Å². The zero-order valence-electron chi connectivity index (χ0n) is 16.4. The smallest absolute Gasteiger partial charge is 0.195 e. The number of Topliss-reactive ketones (excluding diaryl/α,β-unsaturated/α-hetero) is 1. The Bertz CT molecular complexity index is 715. The number of ether oxygens (including phenoxy) is 3. The van der Waals surface area contributed by atoms with Crippen LogP contribution in [0, 0.1) is 24.2 Å². The zero-order valence-corrected chi connectivity index (χ0v) is 16.4. The van der Waals surface area contributed by atoms with Crippen molar-refractivity contribution < 1.29 is 19.0 Å². The van der Waals surface area contributed by atoms with Gasteiger partial charge in [0.1, 0.15) is 5.75 Å². The third kappa shape index (κ3) is 2.69. The lowest BCUT2D eigenvalue weighted by Gasteiger charge is -2.46. The second-order valence-corrected chi connectivity index (χ2v) is 8.83. The standard InChI is InChI=1S/C22H30O4/c1-14-11-17-16(12-19(14)24-4)20(23)15-7-5-8-21(2,3)18(15)13-22(17)25-9-6-10-26-22/h11-12,15,18H,5-10,13H2,1-4H3/t15-,18+/m0/s1. The first kappa shape index (κ1) is 18.0. The van der Waals surface area contributed by atoms with E-state index in [1.165, 1.54) is 0 Å². The number of rotatable bonds is 1. The summed E-state index contributed by atoms with van der Waals surface area (Å²) in [6.07, 6.45) is 4.87.